The van der Waals surface area contributed by atoms with E-state index in [0.717, 1.165) is 0 Å². The molecular weight excluding hydrogens is 194 g/mol. The van der Waals surface area contributed by atoms with Crippen LogP contribution in [0.15, 0.2) is 12.7 Å². The number of carbonyl (C=O) groups is 2. The van der Waals surface area contributed by atoms with Crippen molar-refractivity contribution in [2.24, 2.45) is 0 Å². The number of rotatable bonds is 6. The average molecular weight is 213 g/mol. The summed E-state index contributed by atoms with van der Waals surface area (Å²) in [4.78, 5) is 22.6. The Morgan fingerprint density at radius 1 is 1.27 bits per heavy atom. The maximum atomic E-state index is 11.4. The Balaban J connectivity index is 4.00. The van der Waals surface area contributed by atoms with Gasteiger partial charge < -0.3 is 10.6 Å². The van der Waals surface area contributed by atoms with Gasteiger partial charge in [-0.2, -0.15) is 0 Å². The lowest BCUT2D eigenvalue weighted by molar-refractivity contribution is -0.124. The van der Waals surface area contributed by atoms with Gasteiger partial charge in [-0.1, -0.05) is 6.08 Å². The van der Waals surface area contributed by atoms with E-state index in [9.17, 15) is 9.59 Å². The summed E-state index contributed by atoms with van der Waals surface area (Å²) in [6, 6.07) is -0.795. The van der Waals surface area contributed by atoms with E-state index in [4.69, 9.17) is 0 Å². The third-order valence-corrected chi connectivity index (χ3v) is 1.95. The van der Waals surface area contributed by atoms with Crippen molar-refractivity contribution in [3.63, 3.8) is 0 Å². The van der Waals surface area contributed by atoms with Crippen molar-refractivity contribution in [3.8, 4) is 0 Å². The predicted molar refractivity (Wildman–Crippen MR) is 59.3 cm³/mol. The molecule has 2 amide bonds. The van der Waals surface area contributed by atoms with E-state index in [-0.39, 0.29) is 17.9 Å². The van der Waals surface area contributed by atoms with Crippen molar-refractivity contribution in [2.75, 3.05) is 13.6 Å². The largest absolute Gasteiger partial charge is 0.358 e. The van der Waals surface area contributed by atoms with Crippen molar-refractivity contribution in [1.82, 2.24) is 16.0 Å². The Kier molecular flexibility index (Phi) is 6.37. The van der Waals surface area contributed by atoms with Gasteiger partial charge in [-0.05, 0) is 13.8 Å². The number of amides is 2. The summed E-state index contributed by atoms with van der Waals surface area (Å²) in [5, 5.41) is 8.03. The van der Waals surface area contributed by atoms with Crippen molar-refractivity contribution in [1.29, 1.82) is 0 Å². The van der Waals surface area contributed by atoms with Crippen molar-refractivity contribution < 1.29 is 9.59 Å². The SMILES string of the molecule is C=CCNC(=O)C(C)NC(C)C(=O)NC. The van der Waals surface area contributed by atoms with Gasteiger partial charge >= 0.3 is 0 Å². The van der Waals surface area contributed by atoms with Crippen LogP contribution in [0.5, 0.6) is 0 Å². The average Bonchev–Trinajstić information content (AvgIpc) is 2.24. The van der Waals surface area contributed by atoms with Crippen LogP contribution in [-0.4, -0.2) is 37.5 Å². The van der Waals surface area contributed by atoms with E-state index >= 15 is 0 Å². The van der Waals surface area contributed by atoms with Gasteiger partial charge in [0.15, 0.2) is 0 Å². The fourth-order valence-corrected chi connectivity index (χ4v) is 1.07. The van der Waals surface area contributed by atoms with Crippen LogP contribution >= 0.6 is 0 Å². The highest BCUT2D eigenvalue weighted by molar-refractivity contribution is 5.84. The van der Waals surface area contributed by atoms with Crippen LogP contribution in [0, 0.1) is 0 Å². The van der Waals surface area contributed by atoms with E-state index < -0.39 is 6.04 Å². The number of hydrogen-bond donors (Lipinski definition) is 3. The lowest BCUT2D eigenvalue weighted by Crippen LogP contribution is -2.50. The molecule has 0 aliphatic carbocycles. The Morgan fingerprint density at radius 3 is 2.27 bits per heavy atom. The zero-order chi connectivity index (χ0) is 11.8. The monoisotopic (exact) mass is 213 g/mol. The van der Waals surface area contributed by atoms with Gasteiger partial charge in [-0.25, -0.2) is 0 Å². The first-order valence-electron chi connectivity index (χ1n) is 4.89. The molecule has 0 spiro atoms. The quantitative estimate of drug-likeness (QED) is 0.516. The summed E-state index contributed by atoms with van der Waals surface area (Å²) in [5.74, 6) is -0.288. The molecule has 0 aromatic heterocycles. The first-order valence-corrected chi connectivity index (χ1v) is 4.89. The first-order chi connectivity index (χ1) is 7.02. The highest BCUT2D eigenvalue weighted by atomic mass is 16.2. The molecule has 3 N–H and O–H groups in total. The maximum absolute atomic E-state index is 11.4. The van der Waals surface area contributed by atoms with Crippen LogP contribution in [0.2, 0.25) is 0 Å². The topological polar surface area (TPSA) is 70.2 Å². The lowest BCUT2D eigenvalue weighted by atomic mass is 10.2. The molecule has 2 atom stereocenters. The first kappa shape index (κ1) is 13.6. The van der Waals surface area contributed by atoms with Crippen molar-refractivity contribution in [3.05, 3.63) is 12.7 Å². The second-order valence-electron chi connectivity index (χ2n) is 3.26. The molecule has 5 heteroatoms. The smallest absolute Gasteiger partial charge is 0.237 e. The van der Waals surface area contributed by atoms with Gasteiger partial charge in [-0.15, -0.1) is 6.58 Å². The van der Waals surface area contributed by atoms with Crippen LogP contribution in [0.1, 0.15) is 13.8 Å². The maximum Gasteiger partial charge on any atom is 0.237 e. The Morgan fingerprint density at radius 2 is 1.80 bits per heavy atom. The fraction of sp³-hybridized carbons (Fsp3) is 0.600. The minimum absolute atomic E-state index is 0.140. The van der Waals surface area contributed by atoms with Gasteiger partial charge in [0.05, 0.1) is 12.1 Å². The summed E-state index contributed by atoms with van der Waals surface area (Å²) >= 11 is 0. The third kappa shape index (κ3) is 5.17. The molecule has 0 radical (unpaired) electrons. The molecule has 0 aliphatic heterocycles. The van der Waals surface area contributed by atoms with Crippen molar-refractivity contribution >= 4 is 11.8 Å². The molecule has 15 heavy (non-hydrogen) atoms. The third-order valence-electron chi connectivity index (χ3n) is 1.95. The summed E-state index contributed by atoms with van der Waals surface area (Å²) in [6.07, 6.45) is 1.60. The molecule has 0 fully saturated rings. The summed E-state index contributed by atoms with van der Waals surface area (Å²) in [7, 11) is 1.56. The number of carbonyl (C=O) groups excluding carboxylic acids is 2. The van der Waals surface area contributed by atoms with Gasteiger partial charge in [0.25, 0.3) is 0 Å². The second kappa shape index (κ2) is 7.00. The van der Waals surface area contributed by atoms with Gasteiger partial charge in [0.2, 0.25) is 11.8 Å². The lowest BCUT2D eigenvalue weighted by Gasteiger charge is -2.17. The van der Waals surface area contributed by atoms with Crippen molar-refractivity contribution in [2.45, 2.75) is 25.9 Å². The van der Waals surface area contributed by atoms with Gasteiger partial charge in [-0.3, -0.25) is 14.9 Å². The Labute approximate surface area is 90.3 Å². The Hall–Kier alpha value is -1.36. The van der Waals surface area contributed by atoms with Crippen LogP contribution in [0.4, 0.5) is 0 Å². The van der Waals surface area contributed by atoms with E-state index in [2.05, 4.69) is 22.5 Å². The molecule has 86 valence electrons. The molecule has 0 heterocycles. The molecule has 2 unspecified atom stereocenters. The van der Waals surface area contributed by atoms with E-state index in [1.165, 1.54) is 0 Å². The molecular formula is C10H19N3O2. The molecule has 0 bridgehead atoms. The molecule has 0 aliphatic rings. The Bertz CT molecular complexity index is 241. The number of nitrogens with one attached hydrogen (secondary N) is 3. The van der Waals surface area contributed by atoms with E-state index in [0.29, 0.717) is 6.54 Å². The van der Waals surface area contributed by atoms with E-state index in [1.807, 2.05) is 0 Å². The summed E-state index contributed by atoms with van der Waals surface area (Å²) < 4.78 is 0. The number of hydrogen-bond acceptors (Lipinski definition) is 3. The van der Waals surface area contributed by atoms with E-state index in [1.54, 1.807) is 27.0 Å². The predicted octanol–water partition coefficient (Wildman–Crippen LogP) is -0.599. The van der Waals surface area contributed by atoms with Crippen LogP contribution in [0.25, 0.3) is 0 Å². The molecule has 0 aromatic carbocycles. The summed E-state index contributed by atoms with van der Waals surface area (Å²) in [5.41, 5.74) is 0. The molecule has 5 nitrogen and oxygen atoms in total. The zero-order valence-electron chi connectivity index (χ0n) is 9.46. The van der Waals surface area contributed by atoms with Crippen LogP contribution in [0.3, 0.4) is 0 Å². The van der Waals surface area contributed by atoms with Gasteiger partial charge in [0, 0.05) is 13.6 Å². The highest BCUT2D eigenvalue weighted by Crippen LogP contribution is 1.88. The highest BCUT2D eigenvalue weighted by Gasteiger charge is 2.18. The normalized spacial score (nSPS) is 13.8. The number of likely N-dealkylation sites (N-methyl/N-ethyl adjacent to an activating group) is 1. The minimum Gasteiger partial charge on any atom is -0.358 e. The molecule has 0 saturated heterocycles. The second-order valence-corrected chi connectivity index (χ2v) is 3.26. The molecule has 0 aromatic rings. The molecule has 0 rings (SSSR count). The zero-order valence-corrected chi connectivity index (χ0v) is 9.46. The van der Waals surface area contributed by atoms with Crippen LogP contribution in [-0.2, 0) is 9.59 Å². The minimum atomic E-state index is -0.405. The van der Waals surface area contributed by atoms with Gasteiger partial charge in [0.1, 0.15) is 0 Å². The van der Waals surface area contributed by atoms with Crippen LogP contribution < -0.4 is 16.0 Å². The summed E-state index contributed by atoms with van der Waals surface area (Å²) in [6.45, 7) is 7.34. The fourth-order valence-electron chi connectivity index (χ4n) is 1.07. The molecule has 0 saturated carbocycles. The standard InChI is InChI=1S/C10H19N3O2/c1-5-6-12-10(15)8(3)13-7(2)9(14)11-4/h5,7-8,13H,1,6H2,2-4H3,(H,11,14)(H,12,15).